The van der Waals surface area contributed by atoms with E-state index >= 15 is 0 Å². The third-order valence-corrected chi connectivity index (χ3v) is 2.94. The number of aliphatic hydroxyl groups excluding tert-OH is 1. The van der Waals surface area contributed by atoms with Crippen LogP contribution in [-0.4, -0.2) is 5.11 Å². The van der Waals surface area contributed by atoms with Gasteiger partial charge in [0.05, 0.1) is 6.10 Å². The Morgan fingerprint density at radius 3 is 2.41 bits per heavy atom. The van der Waals surface area contributed by atoms with Crippen LogP contribution in [0, 0.1) is 0 Å². The van der Waals surface area contributed by atoms with E-state index in [4.69, 9.17) is 5.73 Å². The van der Waals surface area contributed by atoms with Crippen molar-refractivity contribution in [2.45, 2.75) is 19.4 Å². The zero-order chi connectivity index (χ0) is 12.3. The van der Waals surface area contributed by atoms with Crippen LogP contribution < -0.4 is 5.73 Å². The number of benzene rings is 2. The molecule has 0 aromatic heterocycles. The number of anilines is 1. The number of nitrogens with two attached hydrogens (primary N) is 1. The Labute approximate surface area is 102 Å². The van der Waals surface area contributed by atoms with E-state index in [0.29, 0.717) is 12.1 Å². The predicted octanol–water partition coefficient (Wildman–Crippen LogP) is 3.38. The van der Waals surface area contributed by atoms with Gasteiger partial charge in [0.1, 0.15) is 0 Å². The lowest BCUT2D eigenvalue weighted by Crippen LogP contribution is -2.01. The fourth-order valence-corrected chi connectivity index (χ4v) is 1.89. The van der Waals surface area contributed by atoms with Gasteiger partial charge in [-0.25, -0.2) is 0 Å². The van der Waals surface area contributed by atoms with Crippen LogP contribution in [0.15, 0.2) is 48.5 Å². The van der Waals surface area contributed by atoms with Crippen LogP contribution in [0.5, 0.6) is 0 Å². The lowest BCUT2D eigenvalue weighted by Gasteiger charge is -2.13. The Morgan fingerprint density at radius 1 is 1.06 bits per heavy atom. The Morgan fingerprint density at radius 2 is 1.76 bits per heavy atom. The minimum Gasteiger partial charge on any atom is -0.398 e. The Bertz CT molecular complexity index is 494. The van der Waals surface area contributed by atoms with Gasteiger partial charge in [0.25, 0.3) is 0 Å². The van der Waals surface area contributed by atoms with E-state index < -0.39 is 6.10 Å². The van der Waals surface area contributed by atoms with Crippen LogP contribution in [0.3, 0.4) is 0 Å². The fourth-order valence-electron chi connectivity index (χ4n) is 1.89. The van der Waals surface area contributed by atoms with E-state index in [2.05, 4.69) is 0 Å². The summed E-state index contributed by atoms with van der Waals surface area (Å²) in [6, 6.07) is 15.9. The molecular weight excluding hydrogens is 210 g/mol. The molecule has 2 nitrogen and oxygen atoms in total. The summed E-state index contributed by atoms with van der Waals surface area (Å²) >= 11 is 0. The van der Waals surface area contributed by atoms with Gasteiger partial charge >= 0.3 is 0 Å². The molecule has 88 valence electrons. The summed E-state index contributed by atoms with van der Waals surface area (Å²) in [5, 5.41) is 9.90. The van der Waals surface area contributed by atoms with E-state index in [0.717, 1.165) is 16.7 Å². The molecule has 2 aromatic carbocycles. The van der Waals surface area contributed by atoms with Crippen LogP contribution in [0.1, 0.15) is 25.0 Å². The molecule has 2 heteroatoms. The molecule has 0 spiro atoms. The highest BCUT2D eigenvalue weighted by molar-refractivity contribution is 5.68. The lowest BCUT2D eigenvalue weighted by molar-refractivity contribution is 0.174. The molecule has 0 saturated heterocycles. The molecule has 0 aliphatic heterocycles. The van der Waals surface area contributed by atoms with Gasteiger partial charge in [-0.2, -0.15) is 0 Å². The number of hydrogen-bond donors (Lipinski definition) is 2. The molecule has 0 fully saturated rings. The van der Waals surface area contributed by atoms with Gasteiger partial charge in [-0.1, -0.05) is 43.3 Å². The summed E-state index contributed by atoms with van der Waals surface area (Å²) in [6.45, 7) is 1.94. The third kappa shape index (κ3) is 2.48. The van der Waals surface area contributed by atoms with Crippen LogP contribution in [-0.2, 0) is 0 Å². The Kier molecular flexibility index (Phi) is 3.45. The summed E-state index contributed by atoms with van der Waals surface area (Å²) in [4.78, 5) is 0. The third-order valence-electron chi connectivity index (χ3n) is 2.94. The lowest BCUT2D eigenvalue weighted by atomic mass is 9.98. The van der Waals surface area contributed by atoms with Crippen molar-refractivity contribution in [1.29, 1.82) is 0 Å². The van der Waals surface area contributed by atoms with Gasteiger partial charge in [0.2, 0.25) is 0 Å². The van der Waals surface area contributed by atoms with Crippen molar-refractivity contribution in [2.24, 2.45) is 0 Å². The highest BCUT2D eigenvalue weighted by Crippen LogP contribution is 2.28. The van der Waals surface area contributed by atoms with Crippen molar-refractivity contribution in [2.75, 3.05) is 5.73 Å². The molecule has 3 N–H and O–H groups in total. The van der Waals surface area contributed by atoms with E-state index in [1.165, 1.54) is 0 Å². The average molecular weight is 227 g/mol. The second-order valence-electron chi connectivity index (χ2n) is 4.13. The summed E-state index contributed by atoms with van der Waals surface area (Å²) in [5.74, 6) is 0. The van der Waals surface area contributed by atoms with E-state index in [9.17, 15) is 5.11 Å². The fraction of sp³-hybridized carbons (Fsp3) is 0.200. The van der Waals surface area contributed by atoms with E-state index in [-0.39, 0.29) is 0 Å². The molecule has 0 saturated carbocycles. The van der Waals surface area contributed by atoms with E-state index in [1.54, 1.807) is 0 Å². The first-order valence-corrected chi connectivity index (χ1v) is 5.85. The number of aliphatic hydroxyl groups is 1. The monoisotopic (exact) mass is 227 g/mol. The normalized spacial score (nSPS) is 12.4. The summed E-state index contributed by atoms with van der Waals surface area (Å²) in [7, 11) is 0. The maximum atomic E-state index is 9.90. The number of rotatable bonds is 3. The van der Waals surface area contributed by atoms with Crippen molar-refractivity contribution in [3.8, 4) is 11.1 Å². The quantitative estimate of drug-likeness (QED) is 0.790. The van der Waals surface area contributed by atoms with E-state index in [1.807, 2.05) is 55.5 Å². The molecule has 0 radical (unpaired) electrons. The summed E-state index contributed by atoms with van der Waals surface area (Å²) in [5.41, 5.74) is 9.57. The van der Waals surface area contributed by atoms with Gasteiger partial charge in [0, 0.05) is 11.3 Å². The minimum absolute atomic E-state index is 0.487. The molecule has 1 unspecified atom stereocenters. The average Bonchev–Trinajstić information content (AvgIpc) is 2.39. The Balaban J connectivity index is 2.44. The second-order valence-corrected chi connectivity index (χ2v) is 4.13. The molecule has 0 aliphatic rings. The molecule has 0 amide bonds. The van der Waals surface area contributed by atoms with Crippen molar-refractivity contribution < 1.29 is 5.11 Å². The smallest absolute Gasteiger partial charge is 0.0807 e. The number of hydrogen-bond acceptors (Lipinski definition) is 2. The van der Waals surface area contributed by atoms with Gasteiger partial charge < -0.3 is 10.8 Å². The van der Waals surface area contributed by atoms with Crippen molar-refractivity contribution in [3.63, 3.8) is 0 Å². The minimum atomic E-state index is -0.487. The number of nitrogen functional groups attached to an aromatic ring is 1. The van der Waals surface area contributed by atoms with Gasteiger partial charge in [-0.05, 0) is 29.7 Å². The highest BCUT2D eigenvalue weighted by atomic mass is 16.3. The topological polar surface area (TPSA) is 46.2 Å². The molecule has 2 rings (SSSR count). The molecule has 1 atom stereocenters. The van der Waals surface area contributed by atoms with Crippen LogP contribution in [0.2, 0.25) is 0 Å². The predicted molar refractivity (Wildman–Crippen MR) is 71.5 cm³/mol. The first-order valence-electron chi connectivity index (χ1n) is 5.85. The standard InChI is InChI=1S/C15H17NO/c1-2-15(17)13-10-12(8-9-14(13)16)11-6-4-3-5-7-11/h3-10,15,17H,2,16H2,1H3. The van der Waals surface area contributed by atoms with Crippen LogP contribution in [0.4, 0.5) is 5.69 Å². The molecule has 0 heterocycles. The molecule has 0 bridgehead atoms. The maximum absolute atomic E-state index is 9.90. The summed E-state index contributed by atoms with van der Waals surface area (Å²) < 4.78 is 0. The van der Waals surface area contributed by atoms with Crippen molar-refractivity contribution in [1.82, 2.24) is 0 Å². The maximum Gasteiger partial charge on any atom is 0.0807 e. The Hall–Kier alpha value is -1.80. The van der Waals surface area contributed by atoms with Crippen LogP contribution >= 0.6 is 0 Å². The van der Waals surface area contributed by atoms with Crippen LogP contribution in [0.25, 0.3) is 11.1 Å². The molecule has 2 aromatic rings. The molecule has 17 heavy (non-hydrogen) atoms. The summed E-state index contributed by atoms with van der Waals surface area (Å²) in [6.07, 6.45) is 0.182. The first-order chi connectivity index (χ1) is 8.22. The highest BCUT2D eigenvalue weighted by Gasteiger charge is 2.10. The SMILES string of the molecule is CCC(O)c1cc(-c2ccccc2)ccc1N. The molecule has 0 aliphatic carbocycles. The van der Waals surface area contributed by atoms with Gasteiger partial charge in [-0.15, -0.1) is 0 Å². The molecular formula is C15H17NO. The van der Waals surface area contributed by atoms with Crippen molar-refractivity contribution in [3.05, 3.63) is 54.1 Å². The van der Waals surface area contributed by atoms with Crippen molar-refractivity contribution >= 4 is 5.69 Å². The zero-order valence-corrected chi connectivity index (χ0v) is 9.93. The second kappa shape index (κ2) is 5.02. The first kappa shape index (κ1) is 11.7. The van der Waals surface area contributed by atoms with Gasteiger partial charge in [-0.3, -0.25) is 0 Å². The van der Waals surface area contributed by atoms with Gasteiger partial charge in [0.15, 0.2) is 0 Å². The zero-order valence-electron chi connectivity index (χ0n) is 9.93. The largest absolute Gasteiger partial charge is 0.398 e.